The Kier molecular flexibility index (Phi) is 3.53. The molecule has 0 aliphatic carbocycles. The van der Waals surface area contributed by atoms with E-state index in [4.69, 9.17) is 13.2 Å². The molecular weight excluding hydrogens is 116 g/mol. The van der Waals surface area contributed by atoms with Gasteiger partial charge >= 0.3 is 10.5 Å². The van der Waals surface area contributed by atoms with E-state index in [2.05, 4.69) is 5.32 Å². The first kappa shape index (κ1) is 6.58. The highest BCUT2D eigenvalue weighted by molar-refractivity contribution is 7.60. The minimum atomic E-state index is -2.61. The van der Waals surface area contributed by atoms with Gasteiger partial charge in [0.25, 0.3) is 0 Å². The number of hydrogen-bond acceptors (Lipinski definition) is 4. The molecule has 1 heterocycles. The summed E-state index contributed by atoms with van der Waals surface area (Å²) in [6, 6.07) is 0. The average Bonchev–Trinajstić information content (AvgIpc) is 2.02. The molecule has 1 aliphatic rings. The Hall–Kier alpha value is -0.420. The van der Waals surface area contributed by atoms with E-state index in [9.17, 15) is 0 Å². The maximum absolute atomic E-state index is 8.67. The molecule has 0 atom stereocenters. The summed E-state index contributed by atoms with van der Waals surface area (Å²) in [5, 5.41) is 3.00. The van der Waals surface area contributed by atoms with E-state index in [-0.39, 0.29) is 0 Å². The van der Waals surface area contributed by atoms with Crippen LogP contribution in [0.3, 0.4) is 0 Å². The van der Waals surface area contributed by atoms with Gasteiger partial charge in [0, 0.05) is 13.1 Å². The fraction of sp³-hybridized carbons (Fsp3) is 1.00. The quantitative estimate of drug-likeness (QED) is 0.413. The van der Waals surface area contributed by atoms with Crippen molar-refractivity contribution in [2.75, 3.05) is 13.1 Å². The molecule has 1 aliphatic heterocycles. The van der Waals surface area contributed by atoms with E-state index in [0.29, 0.717) is 0 Å². The van der Waals surface area contributed by atoms with Crippen LogP contribution in [0.15, 0.2) is 0 Å². The van der Waals surface area contributed by atoms with Gasteiger partial charge in [0.1, 0.15) is 0 Å². The van der Waals surface area contributed by atoms with Crippen LogP contribution in [-0.4, -0.2) is 21.5 Å². The summed E-state index contributed by atoms with van der Waals surface area (Å²) in [4.78, 5) is 0. The summed E-state index contributed by atoms with van der Waals surface area (Å²) in [5.41, 5.74) is 0. The molecular formula is C2H6N2O2S. The lowest BCUT2D eigenvalue weighted by Gasteiger charge is -1.21. The van der Waals surface area contributed by atoms with Crippen molar-refractivity contribution in [1.82, 2.24) is 5.32 Å². The molecule has 1 rings (SSSR count). The lowest BCUT2D eigenvalue weighted by molar-refractivity contribution is 0.620. The van der Waals surface area contributed by atoms with Crippen LogP contribution in [0.4, 0.5) is 0 Å². The monoisotopic (exact) mass is 122 g/mol. The summed E-state index contributed by atoms with van der Waals surface area (Å²) >= 11 is 0. The van der Waals surface area contributed by atoms with Crippen molar-refractivity contribution in [1.29, 1.82) is 4.78 Å². The van der Waals surface area contributed by atoms with Gasteiger partial charge in [-0.05, 0) is 0 Å². The van der Waals surface area contributed by atoms with E-state index < -0.39 is 10.5 Å². The predicted molar refractivity (Wildman–Crippen MR) is 24.5 cm³/mol. The molecule has 0 aromatic carbocycles. The van der Waals surface area contributed by atoms with E-state index in [0.717, 1.165) is 0 Å². The smallest absolute Gasteiger partial charge is 0.308 e. The van der Waals surface area contributed by atoms with Gasteiger partial charge in [0.05, 0.1) is 0 Å². The summed E-state index contributed by atoms with van der Waals surface area (Å²) in [5.74, 6) is 0. The van der Waals surface area contributed by atoms with E-state index in [1.54, 1.807) is 0 Å². The summed E-state index contributed by atoms with van der Waals surface area (Å²) in [7, 11) is -2.61. The molecule has 0 aromatic rings. The molecule has 4 nitrogen and oxygen atoms in total. The Morgan fingerprint density at radius 3 is 1.57 bits per heavy atom. The highest BCUT2D eigenvalue weighted by atomic mass is 32.2. The van der Waals surface area contributed by atoms with Crippen LogP contribution in [0.5, 0.6) is 0 Å². The lowest BCUT2D eigenvalue weighted by Crippen LogP contribution is -1.56. The highest BCUT2D eigenvalue weighted by Crippen LogP contribution is 1.65. The third-order valence-corrected chi connectivity index (χ3v) is 0.250. The standard InChI is InChI=1S/C2H5N.HNO2S/c1-2-3-1;1-4(2)3/h3H,1-2H2;1H. The molecule has 0 spiro atoms. The Morgan fingerprint density at radius 1 is 1.43 bits per heavy atom. The summed E-state index contributed by atoms with van der Waals surface area (Å²) in [6.45, 7) is 2.50. The molecule has 42 valence electrons. The normalized spacial score (nSPS) is 13.7. The van der Waals surface area contributed by atoms with Gasteiger partial charge in [-0.25, -0.2) is 0 Å². The van der Waals surface area contributed by atoms with Crippen LogP contribution in [-0.2, 0) is 10.5 Å². The Bertz CT molecular complexity index is 111. The first-order valence-electron chi connectivity index (χ1n) is 1.74. The zero-order valence-corrected chi connectivity index (χ0v) is 4.46. The topological polar surface area (TPSA) is 79.9 Å². The Balaban J connectivity index is 0.000000105. The average molecular weight is 122 g/mol. The van der Waals surface area contributed by atoms with Gasteiger partial charge in [-0.3, -0.25) is 0 Å². The Morgan fingerprint density at radius 2 is 1.57 bits per heavy atom. The number of hydrogen-bond donors (Lipinski definition) is 2. The second-order valence-electron chi connectivity index (χ2n) is 0.985. The second-order valence-corrected chi connectivity index (χ2v) is 1.45. The SMILES string of the molecule is C1CN1.N=S(=O)=O. The molecule has 0 radical (unpaired) electrons. The van der Waals surface area contributed by atoms with Crippen molar-refractivity contribution in [3.8, 4) is 0 Å². The van der Waals surface area contributed by atoms with Crippen molar-refractivity contribution in [2.24, 2.45) is 0 Å². The minimum absolute atomic E-state index is 1.25. The first-order chi connectivity index (χ1) is 3.23. The second kappa shape index (κ2) is 3.76. The van der Waals surface area contributed by atoms with Gasteiger partial charge in [-0.1, -0.05) is 0 Å². The van der Waals surface area contributed by atoms with Gasteiger partial charge in [-0.15, -0.1) is 0 Å². The van der Waals surface area contributed by atoms with Crippen LogP contribution in [0.1, 0.15) is 0 Å². The molecule has 0 saturated carbocycles. The molecule has 0 unspecified atom stereocenters. The number of nitrogens with one attached hydrogen (secondary N) is 2. The lowest BCUT2D eigenvalue weighted by atomic mass is 11.0. The van der Waals surface area contributed by atoms with Crippen LogP contribution >= 0.6 is 0 Å². The molecule has 0 aromatic heterocycles. The fourth-order valence-electron chi connectivity index (χ4n) is 0. The van der Waals surface area contributed by atoms with Gasteiger partial charge < -0.3 is 5.32 Å². The van der Waals surface area contributed by atoms with Crippen molar-refractivity contribution < 1.29 is 8.42 Å². The zero-order chi connectivity index (χ0) is 5.70. The third-order valence-electron chi connectivity index (χ3n) is 0.250. The molecule has 2 N–H and O–H groups in total. The molecule has 0 bridgehead atoms. The molecule has 0 amide bonds. The summed E-state index contributed by atoms with van der Waals surface area (Å²) in [6.07, 6.45) is 0. The first-order valence-corrected chi connectivity index (χ1v) is 2.82. The molecule has 5 heteroatoms. The minimum Gasteiger partial charge on any atom is -0.314 e. The van der Waals surface area contributed by atoms with Crippen LogP contribution < -0.4 is 5.32 Å². The maximum atomic E-state index is 8.67. The van der Waals surface area contributed by atoms with Crippen LogP contribution in [0.2, 0.25) is 0 Å². The number of rotatable bonds is 0. The molecule has 7 heavy (non-hydrogen) atoms. The van der Waals surface area contributed by atoms with E-state index in [1.807, 2.05) is 0 Å². The van der Waals surface area contributed by atoms with E-state index >= 15 is 0 Å². The van der Waals surface area contributed by atoms with Crippen molar-refractivity contribution in [2.45, 2.75) is 0 Å². The Labute approximate surface area is 43.0 Å². The van der Waals surface area contributed by atoms with Crippen molar-refractivity contribution in [3.05, 3.63) is 0 Å². The largest absolute Gasteiger partial charge is 0.314 e. The molecule has 1 fully saturated rings. The fourth-order valence-corrected chi connectivity index (χ4v) is 0. The maximum Gasteiger partial charge on any atom is 0.308 e. The van der Waals surface area contributed by atoms with Gasteiger partial charge in [-0.2, -0.15) is 13.2 Å². The van der Waals surface area contributed by atoms with Gasteiger partial charge in [0.15, 0.2) is 0 Å². The van der Waals surface area contributed by atoms with Crippen LogP contribution in [0.25, 0.3) is 0 Å². The van der Waals surface area contributed by atoms with Gasteiger partial charge in [0.2, 0.25) is 0 Å². The summed E-state index contributed by atoms with van der Waals surface area (Å²) < 4.78 is 22.8. The third kappa shape index (κ3) is 213. The predicted octanol–water partition coefficient (Wildman–Crippen LogP) is -0.783. The molecule has 1 saturated heterocycles. The van der Waals surface area contributed by atoms with Crippen molar-refractivity contribution in [3.63, 3.8) is 0 Å². The highest BCUT2D eigenvalue weighted by Gasteiger charge is 1.91. The van der Waals surface area contributed by atoms with Crippen LogP contribution in [0, 0.1) is 4.78 Å². The van der Waals surface area contributed by atoms with E-state index in [1.165, 1.54) is 13.1 Å². The zero-order valence-electron chi connectivity index (χ0n) is 3.64. The van der Waals surface area contributed by atoms with Crippen molar-refractivity contribution >= 4 is 10.5 Å².